The van der Waals surface area contributed by atoms with Gasteiger partial charge in [-0.3, -0.25) is 0 Å². The van der Waals surface area contributed by atoms with E-state index in [0.717, 1.165) is 0 Å². The van der Waals surface area contributed by atoms with Gasteiger partial charge in [-0.2, -0.15) is 0 Å². The molecule has 0 aromatic carbocycles. The van der Waals surface area contributed by atoms with Crippen LogP contribution in [-0.2, 0) is 21.1 Å². The Hall–Kier alpha value is 2.29. The Labute approximate surface area is 72.4 Å². The minimum atomic E-state index is 0. The molecule has 0 atom stereocenters. The Morgan fingerprint density at radius 1 is 0.500 bits per heavy atom. The van der Waals surface area contributed by atoms with Crippen molar-refractivity contribution in [2.24, 2.45) is 0 Å². The molecule has 0 saturated carbocycles. The van der Waals surface area contributed by atoms with Crippen LogP contribution in [-0.4, -0.2) is 52.1 Å². The van der Waals surface area contributed by atoms with Crippen molar-refractivity contribution in [3.63, 3.8) is 0 Å². The van der Waals surface area contributed by atoms with E-state index in [0.29, 0.717) is 0 Å². The van der Waals surface area contributed by atoms with Crippen LogP contribution in [0.1, 0.15) is 0 Å². The SMILES string of the molecule is [Al].[Al].[Al].[Mo]. The Kier molecular flexibility index (Phi) is 156. The molecule has 0 saturated heterocycles. The third-order valence-corrected chi connectivity index (χ3v) is 0. The molecular formula is Al3Mo. The number of rotatable bonds is 0. The maximum absolute atomic E-state index is 0. The second kappa shape index (κ2) is 18.6. The first kappa shape index (κ1) is 33.6. The summed E-state index contributed by atoms with van der Waals surface area (Å²) < 4.78 is 0. The van der Waals surface area contributed by atoms with Crippen LogP contribution >= 0.6 is 0 Å². The van der Waals surface area contributed by atoms with E-state index >= 15 is 0 Å². The van der Waals surface area contributed by atoms with E-state index < -0.39 is 0 Å². The molecule has 0 N–H and O–H groups in total. The molecule has 0 aliphatic heterocycles. The summed E-state index contributed by atoms with van der Waals surface area (Å²) in [5, 5.41) is 0. The van der Waals surface area contributed by atoms with Crippen molar-refractivity contribution in [1.82, 2.24) is 0 Å². The summed E-state index contributed by atoms with van der Waals surface area (Å²) >= 11 is 0. The maximum atomic E-state index is 0. The zero-order valence-electron chi connectivity index (χ0n) is 2.14. The summed E-state index contributed by atoms with van der Waals surface area (Å²) in [6, 6.07) is 0. The van der Waals surface area contributed by atoms with Crippen molar-refractivity contribution in [2.75, 3.05) is 0 Å². The zero-order valence-corrected chi connectivity index (χ0v) is 7.61. The summed E-state index contributed by atoms with van der Waals surface area (Å²) in [4.78, 5) is 0. The fraction of sp³-hybridized carbons (Fsp3) is 0. The molecule has 15 valence electrons. The van der Waals surface area contributed by atoms with Gasteiger partial charge in [-0.25, -0.2) is 0 Å². The first-order chi connectivity index (χ1) is 0. The van der Waals surface area contributed by atoms with Gasteiger partial charge in [0, 0.05) is 73.1 Å². The van der Waals surface area contributed by atoms with Gasteiger partial charge in [0.1, 0.15) is 0 Å². The molecule has 0 aromatic rings. The van der Waals surface area contributed by atoms with Crippen molar-refractivity contribution >= 4 is 52.1 Å². The van der Waals surface area contributed by atoms with Crippen LogP contribution < -0.4 is 0 Å². The maximum Gasteiger partial charge on any atom is 0 e. The third-order valence-electron chi connectivity index (χ3n) is 0. The second-order valence-electron chi connectivity index (χ2n) is 0. The minimum Gasteiger partial charge on any atom is 0 e. The van der Waals surface area contributed by atoms with Gasteiger partial charge in [0.2, 0.25) is 0 Å². The van der Waals surface area contributed by atoms with Gasteiger partial charge in [0.05, 0.1) is 0 Å². The van der Waals surface area contributed by atoms with E-state index in [1.54, 1.807) is 0 Å². The third kappa shape index (κ3) is 8.86. The molecule has 0 aromatic heterocycles. The van der Waals surface area contributed by atoms with Crippen LogP contribution in [0.2, 0.25) is 0 Å². The molecule has 0 aliphatic rings. The molecule has 0 amide bonds. The standard InChI is InChI=1S/3Al.Mo. The molecule has 9 radical (unpaired) electrons. The van der Waals surface area contributed by atoms with Gasteiger partial charge >= 0.3 is 0 Å². The van der Waals surface area contributed by atoms with E-state index in [4.69, 9.17) is 0 Å². The normalized spacial score (nSPS) is 0. The van der Waals surface area contributed by atoms with E-state index in [9.17, 15) is 0 Å². The first-order valence-electron chi connectivity index (χ1n) is 0. The van der Waals surface area contributed by atoms with Crippen molar-refractivity contribution in [1.29, 1.82) is 0 Å². The van der Waals surface area contributed by atoms with E-state index in [2.05, 4.69) is 0 Å². The molecule has 4 heavy (non-hydrogen) atoms. The largest absolute Gasteiger partial charge is 0 e. The average Bonchev–Trinajstić information content (AvgIpc) is 0. The van der Waals surface area contributed by atoms with E-state index in [1.165, 1.54) is 0 Å². The molecule has 0 unspecified atom stereocenters. The van der Waals surface area contributed by atoms with Crippen LogP contribution in [0.3, 0.4) is 0 Å². The van der Waals surface area contributed by atoms with Gasteiger partial charge in [-0.15, -0.1) is 0 Å². The quantitative estimate of drug-likeness (QED) is 0.410. The molecule has 0 heterocycles. The van der Waals surface area contributed by atoms with Crippen molar-refractivity contribution in [2.45, 2.75) is 0 Å². The van der Waals surface area contributed by atoms with Gasteiger partial charge in [0.25, 0.3) is 0 Å². The van der Waals surface area contributed by atoms with Crippen LogP contribution in [0, 0.1) is 0 Å². The predicted octanol–water partition coefficient (Wildman–Crippen LogP) is -1.14. The van der Waals surface area contributed by atoms with Crippen LogP contribution in [0.5, 0.6) is 0 Å². The second-order valence-corrected chi connectivity index (χ2v) is 0. The van der Waals surface area contributed by atoms with Crippen molar-refractivity contribution < 1.29 is 21.1 Å². The van der Waals surface area contributed by atoms with E-state index in [1.807, 2.05) is 0 Å². The predicted molar refractivity (Wildman–Crippen MR) is 17.3 cm³/mol. The van der Waals surface area contributed by atoms with Crippen molar-refractivity contribution in [3.05, 3.63) is 0 Å². The summed E-state index contributed by atoms with van der Waals surface area (Å²) in [6.45, 7) is 0. The monoisotopic (exact) mass is 179 g/mol. The van der Waals surface area contributed by atoms with Gasteiger partial charge in [-0.1, -0.05) is 0 Å². The van der Waals surface area contributed by atoms with Gasteiger partial charge < -0.3 is 0 Å². The Morgan fingerprint density at radius 2 is 0.500 bits per heavy atom. The molecule has 0 nitrogen and oxygen atoms in total. The van der Waals surface area contributed by atoms with Crippen LogP contribution in [0.15, 0.2) is 0 Å². The minimum absolute atomic E-state index is 0. The Morgan fingerprint density at radius 3 is 0.500 bits per heavy atom. The first-order valence-corrected chi connectivity index (χ1v) is 0. The summed E-state index contributed by atoms with van der Waals surface area (Å²) in [5.41, 5.74) is 0. The summed E-state index contributed by atoms with van der Waals surface area (Å²) in [7, 11) is 0. The summed E-state index contributed by atoms with van der Waals surface area (Å²) in [6.07, 6.45) is 0. The molecule has 0 bridgehead atoms. The number of hydrogen-bond acceptors (Lipinski definition) is 0. The zero-order chi connectivity index (χ0) is 0. The topological polar surface area (TPSA) is 0 Å². The Bertz CT molecular complexity index is 3.25. The van der Waals surface area contributed by atoms with Gasteiger partial charge in [0.15, 0.2) is 0 Å². The van der Waals surface area contributed by atoms with Crippen molar-refractivity contribution in [3.8, 4) is 0 Å². The smallest absolute Gasteiger partial charge is 0 e. The van der Waals surface area contributed by atoms with Crippen LogP contribution in [0.4, 0.5) is 0 Å². The molecule has 4 heteroatoms. The fourth-order valence-corrected chi connectivity index (χ4v) is 0. The van der Waals surface area contributed by atoms with Gasteiger partial charge in [-0.05, 0) is 0 Å². The molecule has 0 aliphatic carbocycles. The van der Waals surface area contributed by atoms with Crippen LogP contribution in [0.25, 0.3) is 0 Å². The Balaban J connectivity index is 0. The van der Waals surface area contributed by atoms with E-state index in [-0.39, 0.29) is 73.1 Å². The number of hydrogen-bond donors (Lipinski definition) is 0. The molecule has 0 spiro atoms. The average molecular weight is 177 g/mol. The summed E-state index contributed by atoms with van der Waals surface area (Å²) in [5.74, 6) is 0. The molecular weight excluding hydrogens is 177 g/mol. The molecule has 0 fully saturated rings. The molecule has 0 rings (SSSR count). The fourth-order valence-electron chi connectivity index (χ4n) is 0.